The van der Waals surface area contributed by atoms with Crippen molar-refractivity contribution in [3.63, 3.8) is 0 Å². The third kappa shape index (κ3) is 4.39. The van der Waals surface area contributed by atoms with Crippen molar-refractivity contribution in [1.29, 1.82) is 0 Å². The zero-order valence-electron chi connectivity index (χ0n) is 10.7. The Hall–Kier alpha value is -0.770. The number of rotatable bonds is 6. The Kier molecular flexibility index (Phi) is 6.23. The topological polar surface area (TPSA) is 53.6 Å². The van der Waals surface area contributed by atoms with E-state index in [1.54, 1.807) is 0 Å². The molecular formula is C12H26N4. The van der Waals surface area contributed by atoms with Gasteiger partial charge in [-0.05, 0) is 32.4 Å². The Morgan fingerprint density at radius 2 is 2.31 bits per heavy atom. The largest absolute Gasteiger partial charge is 0.370 e. The van der Waals surface area contributed by atoms with E-state index in [1.165, 1.54) is 25.8 Å². The molecule has 0 radical (unpaired) electrons. The second-order valence-corrected chi connectivity index (χ2v) is 4.43. The van der Waals surface area contributed by atoms with E-state index in [0.29, 0.717) is 12.0 Å². The van der Waals surface area contributed by atoms with Crippen molar-refractivity contribution >= 4 is 5.96 Å². The molecule has 0 spiro atoms. The molecule has 1 saturated heterocycles. The minimum Gasteiger partial charge on any atom is -0.370 e. The Labute approximate surface area is 99.3 Å². The van der Waals surface area contributed by atoms with Gasteiger partial charge in [0.2, 0.25) is 0 Å². The molecule has 0 bridgehead atoms. The van der Waals surface area contributed by atoms with E-state index in [2.05, 4.69) is 29.1 Å². The first-order chi connectivity index (χ1) is 7.77. The van der Waals surface area contributed by atoms with Gasteiger partial charge in [0, 0.05) is 12.6 Å². The smallest absolute Gasteiger partial charge is 0.188 e. The van der Waals surface area contributed by atoms with Crippen LogP contribution in [0, 0.1) is 0 Å². The lowest BCUT2D eigenvalue weighted by Gasteiger charge is -2.20. The molecule has 1 fully saturated rings. The van der Waals surface area contributed by atoms with E-state index >= 15 is 0 Å². The second-order valence-electron chi connectivity index (χ2n) is 4.43. The third-order valence-electron chi connectivity index (χ3n) is 3.21. The highest BCUT2D eigenvalue weighted by atomic mass is 15.2. The van der Waals surface area contributed by atoms with Crippen molar-refractivity contribution < 1.29 is 0 Å². The van der Waals surface area contributed by atoms with Crippen LogP contribution >= 0.6 is 0 Å². The van der Waals surface area contributed by atoms with Crippen LogP contribution in [0.4, 0.5) is 0 Å². The van der Waals surface area contributed by atoms with Crippen molar-refractivity contribution in [2.45, 2.75) is 45.6 Å². The molecular weight excluding hydrogens is 200 g/mol. The Morgan fingerprint density at radius 3 is 3.00 bits per heavy atom. The van der Waals surface area contributed by atoms with E-state index in [-0.39, 0.29) is 0 Å². The van der Waals surface area contributed by atoms with Crippen LogP contribution in [-0.4, -0.2) is 43.1 Å². The van der Waals surface area contributed by atoms with Crippen LogP contribution in [0.15, 0.2) is 4.99 Å². The van der Waals surface area contributed by atoms with Gasteiger partial charge in [0.1, 0.15) is 0 Å². The molecule has 1 aliphatic heterocycles. The number of nitrogens with one attached hydrogen (secondary N) is 1. The SMILES string of the molecule is CCCCNC(N)=NCC1CCCN1CC. The number of hydrogen-bond acceptors (Lipinski definition) is 2. The van der Waals surface area contributed by atoms with Crippen molar-refractivity contribution in [2.75, 3.05) is 26.2 Å². The Bertz CT molecular complexity index is 215. The molecule has 0 aromatic rings. The molecule has 0 aromatic carbocycles. The summed E-state index contributed by atoms with van der Waals surface area (Å²) in [7, 11) is 0. The molecule has 16 heavy (non-hydrogen) atoms. The first kappa shape index (κ1) is 13.3. The maximum Gasteiger partial charge on any atom is 0.188 e. The lowest BCUT2D eigenvalue weighted by molar-refractivity contribution is 0.273. The standard InChI is InChI=1S/C12H26N4/c1-3-5-8-14-12(13)15-10-11-7-6-9-16(11)4-2/h11H,3-10H2,1-2H3,(H3,13,14,15). The molecule has 1 heterocycles. The average molecular weight is 226 g/mol. The van der Waals surface area contributed by atoms with Crippen LogP contribution in [0.2, 0.25) is 0 Å². The van der Waals surface area contributed by atoms with Crippen LogP contribution in [0.3, 0.4) is 0 Å². The summed E-state index contributed by atoms with van der Waals surface area (Å²) in [5.41, 5.74) is 5.80. The van der Waals surface area contributed by atoms with Crippen LogP contribution in [-0.2, 0) is 0 Å². The Morgan fingerprint density at radius 1 is 1.50 bits per heavy atom. The van der Waals surface area contributed by atoms with Crippen molar-refractivity contribution in [1.82, 2.24) is 10.2 Å². The number of unbranched alkanes of at least 4 members (excludes halogenated alkanes) is 1. The normalized spacial score (nSPS) is 22.6. The monoisotopic (exact) mass is 226 g/mol. The van der Waals surface area contributed by atoms with Gasteiger partial charge in [-0.1, -0.05) is 20.3 Å². The van der Waals surface area contributed by atoms with Gasteiger partial charge in [-0.3, -0.25) is 9.89 Å². The molecule has 1 aliphatic rings. The second kappa shape index (κ2) is 7.49. The molecule has 0 aromatic heterocycles. The zero-order chi connectivity index (χ0) is 11.8. The number of likely N-dealkylation sites (tertiary alicyclic amines) is 1. The van der Waals surface area contributed by atoms with Crippen LogP contribution in [0.1, 0.15) is 39.5 Å². The van der Waals surface area contributed by atoms with Crippen molar-refractivity contribution in [3.05, 3.63) is 0 Å². The number of nitrogens with zero attached hydrogens (tertiary/aromatic N) is 2. The first-order valence-electron chi connectivity index (χ1n) is 6.55. The molecule has 0 aliphatic carbocycles. The fraction of sp³-hybridized carbons (Fsp3) is 0.917. The van der Waals surface area contributed by atoms with Crippen molar-refractivity contribution in [2.24, 2.45) is 10.7 Å². The van der Waals surface area contributed by atoms with Gasteiger partial charge < -0.3 is 11.1 Å². The highest BCUT2D eigenvalue weighted by molar-refractivity contribution is 5.77. The first-order valence-corrected chi connectivity index (χ1v) is 6.55. The van der Waals surface area contributed by atoms with Crippen LogP contribution in [0.25, 0.3) is 0 Å². The number of likely N-dealkylation sites (N-methyl/N-ethyl adjacent to an activating group) is 1. The summed E-state index contributed by atoms with van der Waals surface area (Å²) in [4.78, 5) is 6.91. The van der Waals surface area contributed by atoms with Gasteiger partial charge in [0.15, 0.2) is 5.96 Å². The maximum atomic E-state index is 5.80. The third-order valence-corrected chi connectivity index (χ3v) is 3.21. The average Bonchev–Trinajstić information content (AvgIpc) is 2.74. The highest BCUT2D eigenvalue weighted by Crippen LogP contribution is 2.16. The molecule has 1 rings (SSSR count). The number of hydrogen-bond donors (Lipinski definition) is 2. The summed E-state index contributed by atoms with van der Waals surface area (Å²) in [5, 5.41) is 3.15. The molecule has 0 saturated carbocycles. The fourth-order valence-corrected chi connectivity index (χ4v) is 2.17. The highest BCUT2D eigenvalue weighted by Gasteiger charge is 2.22. The van der Waals surface area contributed by atoms with Gasteiger partial charge >= 0.3 is 0 Å². The summed E-state index contributed by atoms with van der Waals surface area (Å²) in [6, 6.07) is 0.608. The van der Waals surface area contributed by atoms with E-state index in [9.17, 15) is 0 Å². The lowest BCUT2D eigenvalue weighted by atomic mass is 10.2. The molecule has 1 atom stereocenters. The number of nitrogens with two attached hydrogens (primary N) is 1. The van der Waals surface area contributed by atoms with Gasteiger partial charge in [-0.2, -0.15) is 0 Å². The predicted molar refractivity (Wildman–Crippen MR) is 69.7 cm³/mol. The lowest BCUT2D eigenvalue weighted by Crippen LogP contribution is -2.36. The van der Waals surface area contributed by atoms with Gasteiger partial charge in [-0.25, -0.2) is 0 Å². The predicted octanol–water partition coefficient (Wildman–Crippen LogP) is 1.18. The van der Waals surface area contributed by atoms with Crippen molar-refractivity contribution in [3.8, 4) is 0 Å². The number of guanidine groups is 1. The molecule has 0 amide bonds. The van der Waals surface area contributed by atoms with E-state index in [1.807, 2.05) is 0 Å². The summed E-state index contributed by atoms with van der Waals surface area (Å²) in [6.07, 6.45) is 4.91. The minimum absolute atomic E-state index is 0.608. The maximum absolute atomic E-state index is 5.80. The molecule has 94 valence electrons. The molecule has 3 N–H and O–H groups in total. The zero-order valence-corrected chi connectivity index (χ0v) is 10.7. The van der Waals surface area contributed by atoms with Gasteiger partial charge in [-0.15, -0.1) is 0 Å². The number of aliphatic imine (C=N–C) groups is 1. The van der Waals surface area contributed by atoms with E-state index in [0.717, 1.165) is 26.1 Å². The molecule has 1 unspecified atom stereocenters. The van der Waals surface area contributed by atoms with Gasteiger partial charge in [0.05, 0.1) is 6.54 Å². The molecule has 4 nitrogen and oxygen atoms in total. The quantitative estimate of drug-likeness (QED) is 0.406. The van der Waals surface area contributed by atoms with Crippen LogP contribution in [0.5, 0.6) is 0 Å². The summed E-state index contributed by atoms with van der Waals surface area (Å²) in [6.45, 7) is 8.52. The fourth-order valence-electron chi connectivity index (χ4n) is 2.17. The summed E-state index contributed by atoms with van der Waals surface area (Å²) >= 11 is 0. The summed E-state index contributed by atoms with van der Waals surface area (Å²) < 4.78 is 0. The van der Waals surface area contributed by atoms with E-state index < -0.39 is 0 Å². The minimum atomic E-state index is 0.608. The molecule has 4 heteroatoms. The Balaban J connectivity index is 2.23. The van der Waals surface area contributed by atoms with Crippen LogP contribution < -0.4 is 11.1 Å². The van der Waals surface area contributed by atoms with E-state index in [4.69, 9.17) is 5.73 Å². The summed E-state index contributed by atoms with van der Waals surface area (Å²) in [5.74, 6) is 0.608. The van der Waals surface area contributed by atoms with Gasteiger partial charge in [0.25, 0.3) is 0 Å².